The van der Waals surface area contributed by atoms with Crippen molar-refractivity contribution < 1.29 is 9.53 Å². The third-order valence-corrected chi connectivity index (χ3v) is 5.57. The number of nitrogens with zero attached hydrogens (tertiary/aromatic N) is 2. The van der Waals surface area contributed by atoms with Gasteiger partial charge in [-0.25, -0.2) is 5.43 Å². The molecule has 2 aromatic rings. The number of fused-ring (bicyclic) bond motifs is 1. The lowest BCUT2D eigenvalue weighted by atomic mass is 9.80. The average molecular weight is 400 g/mol. The van der Waals surface area contributed by atoms with E-state index in [4.69, 9.17) is 16.3 Å². The number of ether oxygens (including phenoxy) is 1. The highest BCUT2D eigenvalue weighted by atomic mass is 35.5. The first kappa shape index (κ1) is 20.2. The molecular formula is C22H26ClN3O2. The van der Waals surface area contributed by atoms with Crippen LogP contribution >= 0.6 is 11.6 Å². The van der Waals surface area contributed by atoms with Crippen molar-refractivity contribution in [2.45, 2.75) is 38.6 Å². The SMILES string of the molecule is CC1CC(C)(C)N(C)c2ccc(/C=N/NC(=O)COc3ccccc3Cl)cc21. The summed E-state index contributed by atoms with van der Waals surface area (Å²) >= 11 is 6.00. The van der Waals surface area contributed by atoms with E-state index in [0.717, 1.165) is 12.0 Å². The van der Waals surface area contributed by atoms with E-state index in [0.29, 0.717) is 16.7 Å². The largest absolute Gasteiger partial charge is 0.482 e. The number of nitrogens with one attached hydrogen (secondary N) is 1. The Bertz CT molecular complexity index is 895. The van der Waals surface area contributed by atoms with Gasteiger partial charge in [0.25, 0.3) is 5.91 Å². The highest BCUT2D eigenvalue weighted by Gasteiger charge is 2.33. The summed E-state index contributed by atoms with van der Waals surface area (Å²) in [4.78, 5) is 14.2. The number of carbonyl (C=O) groups is 1. The van der Waals surface area contributed by atoms with Crippen molar-refractivity contribution in [3.63, 3.8) is 0 Å². The maximum absolute atomic E-state index is 11.9. The third-order valence-electron chi connectivity index (χ3n) is 5.26. The molecule has 1 aliphatic heterocycles. The van der Waals surface area contributed by atoms with Crippen LogP contribution in [0.15, 0.2) is 47.6 Å². The molecule has 0 bridgehead atoms. The van der Waals surface area contributed by atoms with E-state index >= 15 is 0 Å². The van der Waals surface area contributed by atoms with Gasteiger partial charge in [-0.05, 0) is 61.6 Å². The Morgan fingerprint density at radius 3 is 2.86 bits per heavy atom. The number of rotatable bonds is 5. The third kappa shape index (κ3) is 4.47. The van der Waals surface area contributed by atoms with E-state index in [1.165, 1.54) is 11.3 Å². The molecule has 5 nitrogen and oxygen atoms in total. The molecule has 6 heteroatoms. The van der Waals surface area contributed by atoms with E-state index in [2.05, 4.69) is 55.4 Å². The van der Waals surface area contributed by atoms with Crippen LogP contribution in [0.1, 0.15) is 44.2 Å². The van der Waals surface area contributed by atoms with E-state index in [1.54, 1.807) is 30.5 Å². The number of halogens is 1. The number of hydrazone groups is 1. The van der Waals surface area contributed by atoms with E-state index in [1.807, 2.05) is 6.07 Å². The molecule has 2 aromatic carbocycles. The molecule has 148 valence electrons. The Morgan fingerprint density at radius 2 is 2.11 bits per heavy atom. The van der Waals surface area contributed by atoms with Crippen molar-refractivity contribution in [2.24, 2.45) is 5.10 Å². The van der Waals surface area contributed by atoms with Crippen LogP contribution in [0.2, 0.25) is 5.02 Å². The second-order valence-corrected chi connectivity index (χ2v) is 8.21. The van der Waals surface area contributed by atoms with Gasteiger partial charge in [0.15, 0.2) is 6.61 Å². The van der Waals surface area contributed by atoms with E-state index < -0.39 is 0 Å². The van der Waals surface area contributed by atoms with Gasteiger partial charge in [-0.1, -0.05) is 36.7 Å². The Labute approximate surface area is 171 Å². The fraction of sp³-hybridized carbons (Fsp3) is 0.364. The first-order valence-corrected chi connectivity index (χ1v) is 9.73. The number of benzene rings is 2. The lowest BCUT2D eigenvalue weighted by molar-refractivity contribution is -0.123. The highest BCUT2D eigenvalue weighted by molar-refractivity contribution is 6.32. The van der Waals surface area contributed by atoms with Gasteiger partial charge in [0.1, 0.15) is 5.75 Å². The van der Waals surface area contributed by atoms with Crippen LogP contribution in [0.4, 0.5) is 5.69 Å². The molecule has 28 heavy (non-hydrogen) atoms. The fourth-order valence-corrected chi connectivity index (χ4v) is 3.78. The van der Waals surface area contributed by atoms with Gasteiger partial charge >= 0.3 is 0 Å². The maximum Gasteiger partial charge on any atom is 0.277 e. The molecule has 1 unspecified atom stereocenters. The van der Waals surface area contributed by atoms with Crippen molar-refractivity contribution in [3.8, 4) is 5.75 Å². The summed E-state index contributed by atoms with van der Waals surface area (Å²) in [7, 11) is 2.14. The van der Waals surface area contributed by atoms with Crippen LogP contribution in [0.25, 0.3) is 0 Å². The normalized spacial score (nSPS) is 18.0. The minimum Gasteiger partial charge on any atom is -0.482 e. The van der Waals surface area contributed by atoms with Gasteiger partial charge in [0.05, 0.1) is 11.2 Å². The summed E-state index contributed by atoms with van der Waals surface area (Å²) in [5.41, 5.74) is 6.13. The number of carbonyl (C=O) groups excluding carboxylic acids is 1. The zero-order valence-corrected chi connectivity index (χ0v) is 17.5. The molecule has 1 N–H and O–H groups in total. The fourth-order valence-electron chi connectivity index (χ4n) is 3.59. The monoisotopic (exact) mass is 399 g/mol. The first-order valence-electron chi connectivity index (χ1n) is 9.35. The number of para-hydroxylation sites is 1. The van der Waals surface area contributed by atoms with Gasteiger partial charge in [-0.2, -0.15) is 5.10 Å². The summed E-state index contributed by atoms with van der Waals surface area (Å²) in [6.45, 7) is 6.63. The second kappa shape index (κ2) is 8.23. The predicted molar refractivity (Wildman–Crippen MR) is 115 cm³/mol. The van der Waals surface area contributed by atoms with Crippen LogP contribution in [0.3, 0.4) is 0 Å². The van der Waals surface area contributed by atoms with Crippen molar-refractivity contribution in [1.82, 2.24) is 5.43 Å². The van der Waals surface area contributed by atoms with Crippen molar-refractivity contribution in [3.05, 3.63) is 58.6 Å². The lowest BCUT2D eigenvalue weighted by Crippen LogP contribution is -2.45. The minimum absolute atomic E-state index is 0.137. The Balaban J connectivity index is 1.60. The summed E-state index contributed by atoms with van der Waals surface area (Å²) in [5.74, 6) is 0.594. The molecular weight excluding hydrogens is 374 g/mol. The zero-order chi connectivity index (χ0) is 20.3. The van der Waals surface area contributed by atoms with Gasteiger partial charge in [0.2, 0.25) is 0 Å². The van der Waals surface area contributed by atoms with Crippen LogP contribution in [-0.2, 0) is 4.79 Å². The molecule has 1 heterocycles. The predicted octanol–water partition coefficient (Wildman–Crippen LogP) is 4.59. The highest BCUT2D eigenvalue weighted by Crippen LogP contribution is 2.42. The molecule has 0 aliphatic carbocycles. The number of hydrogen-bond donors (Lipinski definition) is 1. The molecule has 0 saturated heterocycles. The minimum atomic E-state index is -0.344. The van der Waals surface area contributed by atoms with Gasteiger partial charge in [-0.15, -0.1) is 0 Å². The number of amides is 1. The van der Waals surface area contributed by atoms with Crippen molar-refractivity contribution in [1.29, 1.82) is 0 Å². The average Bonchev–Trinajstić information content (AvgIpc) is 2.65. The first-order chi connectivity index (χ1) is 13.3. The van der Waals surface area contributed by atoms with E-state index in [9.17, 15) is 4.79 Å². The number of anilines is 1. The summed E-state index contributed by atoms with van der Waals surface area (Å²) in [6, 6.07) is 13.3. The molecule has 1 atom stereocenters. The maximum atomic E-state index is 11.9. The zero-order valence-electron chi connectivity index (χ0n) is 16.7. The summed E-state index contributed by atoms with van der Waals surface area (Å²) in [6.07, 6.45) is 2.74. The van der Waals surface area contributed by atoms with Crippen molar-refractivity contribution >= 4 is 29.4 Å². The van der Waals surface area contributed by atoms with Crippen LogP contribution in [0, 0.1) is 0 Å². The molecule has 0 aromatic heterocycles. The van der Waals surface area contributed by atoms with Crippen LogP contribution in [0.5, 0.6) is 5.75 Å². The molecule has 1 amide bonds. The second-order valence-electron chi connectivity index (χ2n) is 7.81. The van der Waals surface area contributed by atoms with Crippen LogP contribution < -0.4 is 15.1 Å². The van der Waals surface area contributed by atoms with Gasteiger partial charge in [-0.3, -0.25) is 4.79 Å². The lowest BCUT2D eigenvalue weighted by Gasteiger charge is -2.45. The topological polar surface area (TPSA) is 53.9 Å². The molecule has 3 rings (SSSR count). The molecule has 0 saturated carbocycles. The quantitative estimate of drug-likeness (QED) is 0.590. The molecule has 1 aliphatic rings. The van der Waals surface area contributed by atoms with E-state index in [-0.39, 0.29) is 18.1 Å². The standard InChI is InChI=1S/C22H26ClN3O2/c1-15-12-22(2,3)26(4)19-10-9-16(11-17(15)19)13-24-25-21(27)14-28-20-8-6-5-7-18(20)23/h5-11,13,15H,12,14H2,1-4H3,(H,25,27)/b24-13+. The Morgan fingerprint density at radius 1 is 1.36 bits per heavy atom. The number of hydrogen-bond acceptors (Lipinski definition) is 4. The van der Waals surface area contributed by atoms with Gasteiger partial charge < -0.3 is 9.64 Å². The summed E-state index contributed by atoms with van der Waals surface area (Å²) < 4.78 is 5.40. The molecule has 0 fully saturated rings. The van der Waals surface area contributed by atoms with Crippen LogP contribution in [-0.4, -0.2) is 31.3 Å². The Hall–Kier alpha value is -2.53. The van der Waals surface area contributed by atoms with Gasteiger partial charge in [0, 0.05) is 18.3 Å². The van der Waals surface area contributed by atoms with Crippen molar-refractivity contribution in [2.75, 3.05) is 18.6 Å². The smallest absolute Gasteiger partial charge is 0.277 e. The molecule has 0 radical (unpaired) electrons. The Kier molecular flexibility index (Phi) is 5.94. The molecule has 0 spiro atoms. The summed E-state index contributed by atoms with van der Waals surface area (Å²) in [5, 5.41) is 4.51.